The van der Waals surface area contributed by atoms with Crippen LogP contribution in [0.4, 0.5) is 11.4 Å². The number of nitrogens with two attached hydrogens (primary N) is 2. The van der Waals surface area contributed by atoms with Gasteiger partial charge in [0.25, 0.3) is 0 Å². The van der Waals surface area contributed by atoms with Crippen molar-refractivity contribution in [2.24, 2.45) is 0 Å². The van der Waals surface area contributed by atoms with E-state index in [2.05, 4.69) is 4.98 Å². The molecule has 0 bridgehead atoms. The maximum absolute atomic E-state index is 5.46. The van der Waals surface area contributed by atoms with Crippen molar-refractivity contribution in [1.29, 1.82) is 0 Å². The van der Waals surface area contributed by atoms with E-state index in [1.165, 1.54) is 5.56 Å². The topological polar surface area (TPSA) is 64.9 Å². The fraction of sp³-hybridized carbons (Fsp3) is 0.0833. The highest BCUT2D eigenvalue weighted by Gasteiger charge is 1.81. The first kappa shape index (κ1) is 11.0. The average Bonchev–Trinajstić information content (AvgIpc) is 2.19. The van der Waals surface area contributed by atoms with Gasteiger partial charge in [-0.3, -0.25) is 4.98 Å². The average molecular weight is 201 g/mol. The second-order valence-electron chi connectivity index (χ2n) is 3.19. The highest BCUT2D eigenvalue weighted by Crippen LogP contribution is 2.03. The summed E-state index contributed by atoms with van der Waals surface area (Å²) < 4.78 is 0. The second-order valence-corrected chi connectivity index (χ2v) is 3.19. The molecule has 1 aromatic heterocycles. The SMILES string of the molecule is Cc1cccc(N)c1.Nc1ccncc1. The van der Waals surface area contributed by atoms with Crippen molar-refractivity contribution in [3.8, 4) is 0 Å². The predicted octanol–water partition coefficient (Wildman–Crippen LogP) is 2.24. The standard InChI is InChI=1S/C7H9N.C5H6N2/c1-6-3-2-4-7(8)5-6;6-5-1-3-7-4-2-5/h2-5H,8H2,1H3;1-4H,(H2,6,7). The molecule has 0 spiro atoms. The summed E-state index contributed by atoms with van der Waals surface area (Å²) in [6.45, 7) is 2.02. The third-order valence-corrected chi connectivity index (χ3v) is 1.75. The Hall–Kier alpha value is -2.03. The molecule has 0 amide bonds. The van der Waals surface area contributed by atoms with Gasteiger partial charge in [-0.1, -0.05) is 12.1 Å². The Morgan fingerprint density at radius 1 is 0.933 bits per heavy atom. The minimum absolute atomic E-state index is 0.759. The zero-order valence-electron chi connectivity index (χ0n) is 8.72. The Morgan fingerprint density at radius 3 is 1.93 bits per heavy atom. The van der Waals surface area contributed by atoms with Crippen molar-refractivity contribution >= 4 is 11.4 Å². The minimum atomic E-state index is 0.759. The van der Waals surface area contributed by atoms with E-state index in [4.69, 9.17) is 11.5 Å². The molecule has 3 nitrogen and oxygen atoms in total. The third kappa shape index (κ3) is 4.67. The Kier molecular flexibility index (Phi) is 4.16. The number of hydrogen-bond donors (Lipinski definition) is 2. The first-order valence-corrected chi connectivity index (χ1v) is 4.66. The van der Waals surface area contributed by atoms with Gasteiger partial charge in [-0.05, 0) is 36.8 Å². The van der Waals surface area contributed by atoms with Gasteiger partial charge in [-0.25, -0.2) is 0 Å². The highest BCUT2D eigenvalue weighted by molar-refractivity contribution is 5.39. The summed E-state index contributed by atoms with van der Waals surface area (Å²) in [4.78, 5) is 3.77. The van der Waals surface area contributed by atoms with Gasteiger partial charge in [0.15, 0.2) is 0 Å². The zero-order valence-corrected chi connectivity index (χ0v) is 8.72. The fourth-order valence-corrected chi connectivity index (χ4v) is 1.03. The molecule has 0 aliphatic heterocycles. The van der Waals surface area contributed by atoms with Gasteiger partial charge >= 0.3 is 0 Å². The molecule has 15 heavy (non-hydrogen) atoms. The maximum Gasteiger partial charge on any atom is 0.0344 e. The zero-order chi connectivity index (χ0) is 11.1. The van der Waals surface area contributed by atoms with E-state index >= 15 is 0 Å². The molecule has 0 atom stereocenters. The van der Waals surface area contributed by atoms with Crippen molar-refractivity contribution in [3.05, 3.63) is 54.4 Å². The van der Waals surface area contributed by atoms with E-state index in [1.807, 2.05) is 31.2 Å². The van der Waals surface area contributed by atoms with E-state index < -0.39 is 0 Å². The Balaban J connectivity index is 0.000000151. The number of aryl methyl sites for hydroxylation is 1. The molecular weight excluding hydrogens is 186 g/mol. The number of nitrogen functional groups attached to an aromatic ring is 2. The highest BCUT2D eigenvalue weighted by atomic mass is 14.6. The van der Waals surface area contributed by atoms with Gasteiger partial charge < -0.3 is 11.5 Å². The molecule has 0 unspecified atom stereocenters. The van der Waals surface area contributed by atoms with Crippen LogP contribution in [0.25, 0.3) is 0 Å². The molecule has 0 aliphatic carbocycles. The molecule has 4 N–H and O–H groups in total. The number of benzene rings is 1. The van der Waals surface area contributed by atoms with Crippen LogP contribution in [0.5, 0.6) is 0 Å². The number of anilines is 2. The summed E-state index contributed by atoms with van der Waals surface area (Å²) in [6.07, 6.45) is 3.32. The Morgan fingerprint density at radius 2 is 1.60 bits per heavy atom. The normalized spacial score (nSPS) is 8.87. The van der Waals surface area contributed by atoms with E-state index in [-0.39, 0.29) is 0 Å². The van der Waals surface area contributed by atoms with E-state index in [0.717, 1.165) is 11.4 Å². The lowest BCUT2D eigenvalue weighted by atomic mass is 10.2. The molecule has 0 radical (unpaired) electrons. The summed E-state index contributed by atoms with van der Waals surface area (Å²) in [5.74, 6) is 0. The van der Waals surface area contributed by atoms with Crippen LogP contribution in [0.2, 0.25) is 0 Å². The number of hydrogen-bond acceptors (Lipinski definition) is 3. The second kappa shape index (κ2) is 5.65. The van der Waals surface area contributed by atoms with Crippen molar-refractivity contribution < 1.29 is 0 Å². The molecule has 0 aliphatic rings. The molecule has 3 heteroatoms. The molecule has 0 saturated heterocycles. The van der Waals surface area contributed by atoms with Gasteiger partial charge in [0, 0.05) is 23.8 Å². The Bertz CT molecular complexity index is 381. The van der Waals surface area contributed by atoms with E-state index in [9.17, 15) is 0 Å². The number of rotatable bonds is 0. The fourth-order valence-electron chi connectivity index (χ4n) is 1.03. The van der Waals surface area contributed by atoms with Crippen LogP contribution in [0, 0.1) is 6.92 Å². The lowest BCUT2D eigenvalue weighted by molar-refractivity contribution is 1.33. The molecule has 1 aromatic carbocycles. The first-order chi connectivity index (χ1) is 7.18. The lowest BCUT2D eigenvalue weighted by Crippen LogP contribution is -1.82. The van der Waals surface area contributed by atoms with Crippen molar-refractivity contribution in [3.63, 3.8) is 0 Å². The number of pyridine rings is 1. The maximum atomic E-state index is 5.46. The summed E-state index contributed by atoms with van der Waals surface area (Å²) in [5.41, 5.74) is 13.6. The lowest BCUT2D eigenvalue weighted by Gasteiger charge is -1.91. The van der Waals surface area contributed by atoms with Crippen LogP contribution in [-0.2, 0) is 0 Å². The van der Waals surface area contributed by atoms with Crippen molar-refractivity contribution in [2.45, 2.75) is 6.92 Å². The van der Waals surface area contributed by atoms with Crippen LogP contribution in [0.3, 0.4) is 0 Å². The Labute approximate surface area is 89.8 Å². The monoisotopic (exact) mass is 201 g/mol. The molecule has 2 aromatic rings. The number of aromatic nitrogens is 1. The molecule has 2 rings (SSSR count). The molecule has 0 fully saturated rings. The van der Waals surface area contributed by atoms with Crippen LogP contribution in [-0.4, -0.2) is 4.98 Å². The van der Waals surface area contributed by atoms with Crippen molar-refractivity contribution in [2.75, 3.05) is 11.5 Å². The van der Waals surface area contributed by atoms with Gasteiger partial charge in [0.05, 0.1) is 0 Å². The van der Waals surface area contributed by atoms with Crippen molar-refractivity contribution in [1.82, 2.24) is 4.98 Å². The number of nitrogens with zero attached hydrogens (tertiary/aromatic N) is 1. The summed E-state index contributed by atoms with van der Waals surface area (Å²) in [5, 5.41) is 0. The molecule has 1 heterocycles. The largest absolute Gasteiger partial charge is 0.399 e. The van der Waals surface area contributed by atoms with Gasteiger partial charge in [0.1, 0.15) is 0 Å². The minimum Gasteiger partial charge on any atom is -0.399 e. The van der Waals surface area contributed by atoms with E-state index in [0.29, 0.717) is 0 Å². The van der Waals surface area contributed by atoms with E-state index in [1.54, 1.807) is 24.5 Å². The summed E-state index contributed by atoms with van der Waals surface area (Å²) >= 11 is 0. The van der Waals surface area contributed by atoms with Crippen LogP contribution in [0.1, 0.15) is 5.56 Å². The predicted molar refractivity (Wildman–Crippen MR) is 64.2 cm³/mol. The molecule has 0 saturated carbocycles. The van der Waals surface area contributed by atoms with Crippen LogP contribution < -0.4 is 11.5 Å². The quantitative estimate of drug-likeness (QED) is 0.642. The molecular formula is C12H15N3. The van der Waals surface area contributed by atoms with Gasteiger partial charge in [-0.15, -0.1) is 0 Å². The van der Waals surface area contributed by atoms with Gasteiger partial charge in [0.2, 0.25) is 0 Å². The molecule has 78 valence electrons. The van der Waals surface area contributed by atoms with Gasteiger partial charge in [-0.2, -0.15) is 0 Å². The summed E-state index contributed by atoms with van der Waals surface area (Å²) in [7, 11) is 0. The summed E-state index contributed by atoms with van der Waals surface area (Å²) in [6, 6.07) is 11.3. The van der Waals surface area contributed by atoms with Crippen LogP contribution in [0.15, 0.2) is 48.8 Å². The first-order valence-electron chi connectivity index (χ1n) is 4.66. The smallest absolute Gasteiger partial charge is 0.0344 e. The van der Waals surface area contributed by atoms with Crippen LogP contribution >= 0.6 is 0 Å². The third-order valence-electron chi connectivity index (χ3n) is 1.75.